The van der Waals surface area contributed by atoms with Crippen LogP contribution in [0.4, 0.5) is 0 Å². The van der Waals surface area contributed by atoms with Crippen molar-refractivity contribution in [2.24, 2.45) is 10.7 Å². The molecule has 2 N–H and O–H groups in total. The summed E-state index contributed by atoms with van der Waals surface area (Å²) in [4.78, 5) is 4.25. The highest BCUT2D eigenvalue weighted by molar-refractivity contribution is 5.89. The molecule has 0 aromatic heterocycles. The molecule has 0 aliphatic carbocycles. The molecule has 1 atom stereocenters. The first-order valence-corrected chi connectivity index (χ1v) is 7.73. The van der Waals surface area contributed by atoms with E-state index in [4.69, 9.17) is 15.2 Å². The molecule has 0 spiro atoms. The third-order valence-corrected chi connectivity index (χ3v) is 3.78. The topological polar surface area (TPSA) is 56.8 Å². The molecule has 1 unspecified atom stereocenters. The maximum absolute atomic E-state index is 5.82. The maximum Gasteiger partial charge on any atom is 0.218 e. The van der Waals surface area contributed by atoms with Gasteiger partial charge in [-0.2, -0.15) is 0 Å². The summed E-state index contributed by atoms with van der Waals surface area (Å²) in [5.41, 5.74) is 9.11. The second-order valence-corrected chi connectivity index (χ2v) is 5.64. The van der Waals surface area contributed by atoms with Crippen molar-refractivity contribution in [1.82, 2.24) is 0 Å². The Morgan fingerprint density at radius 1 is 1.48 bits per heavy atom. The van der Waals surface area contributed by atoms with Crippen LogP contribution in [-0.2, 0) is 4.74 Å². The largest absolute Gasteiger partial charge is 0.439 e. The van der Waals surface area contributed by atoms with Crippen molar-refractivity contribution in [3.8, 4) is 5.75 Å². The first kappa shape index (κ1) is 17.0. The standard InChI is InChI=1S/C19H24N2O2/c1-5-19(21-12-14(3)15(4)20)23-17-9-8-16(11-13(17)2)18-7-6-10-22-18/h5,8-9,11-12,18H,1,4,6-7,10,20H2,2-3H3/b14-12+,21-19?. The minimum absolute atomic E-state index is 0.205. The van der Waals surface area contributed by atoms with Gasteiger partial charge < -0.3 is 15.2 Å². The summed E-state index contributed by atoms with van der Waals surface area (Å²) in [5.74, 6) is 1.17. The fourth-order valence-electron chi connectivity index (χ4n) is 2.30. The maximum atomic E-state index is 5.82. The molecule has 1 fully saturated rings. The molecular weight excluding hydrogens is 288 g/mol. The van der Waals surface area contributed by atoms with Crippen LogP contribution in [0, 0.1) is 6.92 Å². The van der Waals surface area contributed by atoms with Crippen LogP contribution in [0.15, 0.2) is 59.9 Å². The summed E-state index contributed by atoms with van der Waals surface area (Å²) in [6.45, 7) is 12.1. The van der Waals surface area contributed by atoms with E-state index in [0.29, 0.717) is 11.6 Å². The van der Waals surface area contributed by atoms with E-state index in [9.17, 15) is 0 Å². The van der Waals surface area contributed by atoms with Crippen molar-refractivity contribution in [2.75, 3.05) is 6.61 Å². The molecule has 0 bridgehead atoms. The van der Waals surface area contributed by atoms with Gasteiger partial charge in [-0.25, -0.2) is 4.99 Å². The van der Waals surface area contributed by atoms with Crippen LogP contribution >= 0.6 is 0 Å². The molecule has 1 aromatic rings. The fourth-order valence-corrected chi connectivity index (χ4v) is 2.30. The Balaban J connectivity index is 2.14. The second-order valence-electron chi connectivity index (χ2n) is 5.64. The number of rotatable bonds is 5. The first-order valence-electron chi connectivity index (χ1n) is 7.73. The van der Waals surface area contributed by atoms with Gasteiger partial charge in [0.05, 0.1) is 6.10 Å². The molecule has 1 heterocycles. The summed E-state index contributed by atoms with van der Waals surface area (Å²) in [6, 6.07) is 6.10. The lowest BCUT2D eigenvalue weighted by molar-refractivity contribution is 0.112. The molecule has 1 aliphatic rings. The van der Waals surface area contributed by atoms with Gasteiger partial charge in [-0.15, -0.1) is 0 Å². The Hall–Kier alpha value is -2.33. The van der Waals surface area contributed by atoms with Gasteiger partial charge in [-0.1, -0.05) is 19.2 Å². The van der Waals surface area contributed by atoms with E-state index in [-0.39, 0.29) is 6.10 Å². The monoisotopic (exact) mass is 312 g/mol. The number of hydrogen-bond acceptors (Lipinski definition) is 4. The molecule has 1 aromatic carbocycles. The average Bonchev–Trinajstić information content (AvgIpc) is 3.06. The minimum atomic E-state index is 0.205. The summed E-state index contributed by atoms with van der Waals surface area (Å²) in [5, 5.41) is 0. The SMILES string of the molecule is C=CC(=N/C=C(\C)C(=C)N)Oc1ccc(C2CCCO2)cc1C. The van der Waals surface area contributed by atoms with Crippen LogP contribution in [0.5, 0.6) is 5.75 Å². The van der Waals surface area contributed by atoms with Gasteiger partial charge in [-0.3, -0.25) is 0 Å². The van der Waals surface area contributed by atoms with Crippen LogP contribution in [0.3, 0.4) is 0 Å². The molecule has 1 saturated heterocycles. The van der Waals surface area contributed by atoms with E-state index in [1.807, 2.05) is 26.0 Å². The van der Waals surface area contributed by atoms with Gasteiger partial charge in [-0.05, 0) is 61.6 Å². The van der Waals surface area contributed by atoms with Gasteiger partial charge in [0.1, 0.15) is 5.75 Å². The Labute approximate surface area is 138 Å². The molecule has 122 valence electrons. The normalized spacial score (nSPS) is 18.8. The summed E-state index contributed by atoms with van der Waals surface area (Å²) in [6.07, 6.45) is 5.59. The Kier molecular flexibility index (Phi) is 5.77. The van der Waals surface area contributed by atoms with E-state index in [2.05, 4.69) is 24.2 Å². The van der Waals surface area contributed by atoms with Crippen LogP contribution in [0.1, 0.15) is 37.0 Å². The molecule has 2 rings (SSSR count). The van der Waals surface area contributed by atoms with Crippen molar-refractivity contribution in [2.45, 2.75) is 32.8 Å². The number of benzene rings is 1. The summed E-state index contributed by atoms with van der Waals surface area (Å²) >= 11 is 0. The molecule has 0 radical (unpaired) electrons. The van der Waals surface area contributed by atoms with Gasteiger partial charge in [0.2, 0.25) is 5.90 Å². The molecule has 0 amide bonds. The zero-order chi connectivity index (χ0) is 16.8. The number of hydrogen-bond donors (Lipinski definition) is 1. The third-order valence-electron chi connectivity index (χ3n) is 3.78. The molecule has 1 aliphatic heterocycles. The van der Waals surface area contributed by atoms with Gasteiger partial charge >= 0.3 is 0 Å². The molecule has 23 heavy (non-hydrogen) atoms. The number of allylic oxidation sites excluding steroid dienone is 1. The number of nitrogens with two attached hydrogens (primary N) is 1. The summed E-state index contributed by atoms with van der Waals surface area (Å²) in [7, 11) is 0. The lowest BCUT2D eigenvalue weighted by Gasteiger charge is -2.13. The van der Waals surface area contributed by atoms with Crippen LogP contribution < -0.4 is 10.5 Å². The Morgan fingerprint density at radius 2 is 2.26 bits per heavy atom. The first-order chi connectivity index (χ1) is 11.0. The van der Waals surface area contributed by atoms with Gasteiger partial charge in [0.15, 0.2) is 0 Å². The highest BCUT2D eigenvalue weighted by Gasteiger charge is 2.18. The predicted molar refractivity (Wildman–Crippen MR) is 94.5 cm³/mol. The zero-order valence-electron chi connectivity index (χ0n) is 13.8. The Bertz CT molecular complexity index is 653. The van der Waals surface area contributed by atoms with Crippen LogP contribution in [0.2, 0.25) is 0 Å². The zero-order valence-corrected chi connectivity index (χ0v) is 13.8. The molecular formula is C19H24N2O2. The predicted octanol–water partition coefficient (Wildman–Crippen LogP) is 4.19. The Morgan fingerprint density at radius 3 is 2.83 bits per heavy atom. The van der Waals surface area contributed by atoms with Crippen LogP contribution in [0.25, 0.3) is 0 Å². The van der Waals surface area contributed by atoms with Crippen molar-refractivity contribution in [3.05, 3.63) is 66.0 Å². The van der Waals surface area contributed by atoms with E-state index in [1.54, 1.807) is 12.3 Å². The van der Waals surface area contributed by atoms with E-state index in [1.165, 1.54) is 5.56 Å². The van der Waals surface area contributed by atoms with E-state index < -0.39 is 0 Å². The number of aliphatic imine (C=N–C) groups is 1. The lowest BCUT2D eigenvalue weighted by atomic mass is 10.0. The summed E-state index contributed by atoms with van der Waals surface area (Å²) < 4.78 is 11.5. The molecule has 4 heteroatoms. The minimum Gasteiger partial charge on any atom is -0.439 e. The van der Waals surface area contributed by atoms with Gasteiger partial charge in [0, 0.05) is 18.5 Å². The number of aryl methyl sites for hydroxylation is 1. The second kappa shape index (κ2) is 7.79. The van der Waals surface area contributed by atoms with Crippen LogP contribution in [-0.4, -0.2) is 12.5 Å². The van der Waals surface area contributed by atoms with Crippen molar-refractivity contribution >= 4 is 5.90 Å². The van der Waals surface area contributed by atoms with Crippen molar-refractivity contribution in [1.29, 1.82) is 0 Å². The smallest absolute Gasteiger partial charge is 0.218 e. The van der Waals surface area contributed by atoms with Gasteiger partial charge in [0.25, 0.3) is 0 Å². The molecule has 0 saturated carbocycles. The molecule has 4 nitrogen and oxygen atoms in total. The third kappa shape index (κ3) is 4.57. The fraction of sp³-hybridized carbons (Fsp3) is 0.316. The highest BCUT2D eigenvalue weighted by Crippen LogP contribution is 2.31. The quantitative estimate of drug-likeness (QED) is 0.504. The number of ether oxygens (including phenoxy) is 2. The average molecular weight is 312 g/mol. The van der Waals surface area contributed by atoms with Crippen molar-refractivity contribution < 1.29 is 9.47 Å². The number of nitrogens with zero attached hydrogens (tertiary/aromatic N) is 1. The van der Waals surface area contributed by atoms with Crippen molar-refractivity contribution in [3.63, 3.8) is 0 Å². The lowest BCUT2D eigenvalue weighted by Crippen LogP contribution is -2.06. The van der Waals surface area contributed by atoms with E-state index in [0.717, 1.165) is 36.3 Å². The van der Waals surface area contributed by atoms with E-state index >= 15 is 0 Å². The highest BCUT2D eigenvalue weighted by atomic mass is 16.5.